The molecule has 0 aliphatic carbocycles. The number of methoxy groups -OCH3 is 1. The van der Waals surface area contributed by atoms with Crippen molar-refractivity contribution in [2.24, 2.45) is 0 Å². The molecule has 0 aliphatic rings. The van der Waals surface area contributed by atoms with Crippen LogP contribution in [0, 0.1) is 11.6 Å². The van der Waals surface area contributed by atoms with E-state index in [4.69, 9.17) is 9.47 Å². The maximum atomic E-state index is 13.1. The van der Waals surface area contributed by atoms with E-state index in [9.17, 15) is 13.6 Å². The predicted molar refractivity (Wildman–Crippen MR) is 94.3 cm³/mol. The van der Waals surface area contributed by atoms with Crippen molar-refractivity contribution in [3.8, 4) is 11.5 Å². The van der Waals surface area contributed by atoms with Crippen LogP contribution in [0.3, 0.4) is 0 Å². The smallest absolute Gasteiger partial charge is 0.251 e. The lowest BCUT2D eigenvalue weighted by molar-refractivity contribution is 0.0953. The van der Waals surface area contributed by atoms with Gasteiger partial charge < -0.3 is 14.8 Å². The SMILES string of the molecule is CCOc1c(Br)cc(C(=O)NCCc2cc(F)cc(F)c2)cc1OC. The molecular formula is C18H18BrF2NO3. The number of carbonyl (C=O) groups is 1. The minimum Gasteiger partial charge on any atom is -0.493 e. The topological polar surface area (TPSA) is 47.6 Å². The third kappa shape index (κ3) is 5.16. The summed E-state index contributed by atoms with van der Waals surface area (Å²) in [6.45, 7) is 2.56. The number of nitrogens with one attached hydrogen (secondary N) is 1. The Morgan fingerprint density at radius 2 is 1.84 bits per heavy atom. The van der Waals surface area contributed by atoms with Gasteiger partial charge in [0, 0.05) is 18.2 Å². The third-order valence-corrected chi connectivity index (χ3v) is 3.99. The predicted octanol–water partition coefficient (Wildman–Crippen LogP) is 4.11. The molecule has 2 aromatic rings. The molecule has 0 aliphatic heterocycles. The second-order valence-electron chi connectivity index (χ2n) is 5.21. The largest absolute Gasteiger partial charge is 0.493 e. The zero-order valence-electron chi connectivity index (χ0n) is 13.9. The van der Waals surface area contributed by atoms with Gasteiger partial charge in [-0.3, -0.25) is 4.79 Å². The average Bonchev–Trinajstić information content (AvgIpc) is 2.55. The molecule has 0 bridgehead atoms. The Hall–Kier alpha value is -2.15. The average molecular weight is 414 g/mol. The Bertz CT molecular complexity index is 748. The van der Waals surface area contributed by atoms with Crippen LogP contribution in [-0.4, -0.2) is 26.2 Å². The van der Waals surface area contributed by atoms with Crippen molar-refractivity contribution in [1.29, 1.82) is 0 Å². The molecule has 0 saturated heterocycles. The van der Waals surface area contributed by atoms with E-state index in [2.05, 4.69) is 21.2 Å². The first-order valence-electron chi connectivity index (χ1n) is 7.68. The van der Waals surface area contributed by atoms with Crippen molar-refractivity contribution >= 4 is 21.8 Å². The molecule has 0 unspecified atom stereocenters. The summed E-state index contributed by atoms with van der Waals surface area (Å²) in [5, 5.41) is 2.72. The van der Waals surface area contributed by atoms with Crippen molar-refractivity contribution in [2.75, 3.05) is 20.3 Å². The van der Waals surface area contributed by atoms with E-state index in [0.29, 0.717) is 40.1 Å². The van der Waals surface area contributed by atoms with Gasteiger partial charge in [0.15, 0.2) is 11.5 Å². The highest BCUT2D eigenvalue weighted by molar-refractivity contribution is 9.10. The molecule has 2 rings (SSSR count). The van der Waals surface area contributed by atoms with E-state index >= 15 is 0 Å². The first kappa shape index (κ1) is 19.2. The van der Waals surface area contributed by atoms with Crippen molar-refractivity contribution in [2.45, 2.75) is 13.3 Å². The van der Waals surface area contributed by atoms with Gasteiger partial charge in [-0.15, -0.1) is 0 Å². The first-order chi connectivity index (χ1) is 11.9. The van der Waals surface area contributed by atoms with Crippen molar-refractivity contribution in [1.82, 2.24) is 5.32 Å². The first-order valence-corrected chi connectivity index (χ1v) is 8.47. The van der Waals surface area contributed by atoms with Crippen LogP contribution in [0.1, 0.15) is 22.8 Å². The molecule has 0 spiro atoms. The molecule has 7 heteroatoms. The van der Waals surface area contributed by atoms with Crippen molar-refractivity contribution in [3.63, 3.8) is 0 Å². The minimum absolute atomic E-state index is 0.245. The van der Waals surface area contributed by atoms with Gasteiger partial charge in [-0.25, -0.2) is 8.78 Å². The van der Waals surface area contributed by atoms with Crippen LogP contribution in [0.4, 0.5) is 8.78 Å². The van der Waals surface area contributed by atoms with Gasteiger partial charge in [0.25, 0.3) is 5.91 Å². The zero-order valence-corrected chi connectivity index (χ0v) is 15.5. The molecular weight excluding hydrogens is 396 g/mol. The molecule has 1 N–H and O–H groups in total. The summed E-state index contributed by atoms with van der Waals surface area (Å²) in [5.74, 6) is -0.632. The number of rotatable bonds is 7. The summed E-state index contributed by atoms with van der Waals surface area (Å²) in [6, 6.07) is 6.50. The molecule has 0 saturated carbocycles. The quantitative estimate of drug-likeness (QED) is 0.742. The van der Waals surface area contributed by atoms with Crippen LogP contribution in [-0.2, 0) is 6.42 Å². The number of hydrogen-bond donors (Lipinski definition) is 1. The fourth-order valence-corrected chi connectivity index (χ4v) is 2.87. The van der Waals surface area contributed by atoms with Gasteiger partial charge in [-0.2, -0.15) is 0 Å². The standard InChI is InChI=1S/C18H18BrF2NO3/c1-3-25-17-15(19)8-12(9-16(17)24-2)18(23)22-5-4-11-6-13(20)10-14(21)7-11/h6-10H,3-5H2,1-2H3,(H,22,23). The van der Waals surface area contributed by atoms with E-state index in [-0.39, 0.29) is 12.5 Å². The maximum Gasteiger partial charge on any atom is 0.251 e. The third-order valence-electron chi connectivity index (χ3n) is 3.40. The van der Waals surface area contributed by atoms with Crippen molar-refractivity contribution < 1.29 is 23.0 Å². The lowest BCUT2D eigenvalue weighted by atomic mass is 10.1. The summed E-state index contributed by atoms with van der Waals surface area (Å²) in [6.07, 6.45) is 0.315. The molecule has 0 aromatic heterocycles. The second-order valence-corrected chi connectivity index (χ2v) is 6.06. The Labute approximate surface area is 153 Å². The van der Waals surface area contributed by atoms with E-state index in [1.54, 1.807) is 12.1 Å². The molecule has 0 radical (unpaired) electrons. The van der Waals surface area contributed by atoms with Gasteiger partial charge >= 0.3 is 0 Å². The molecule has 4 nitrogen and oxygen atoms in total. The number of halogens is 3. The minimum atomic E-state index is -0.637. The highest BCUT2D eigenvalue weighted by Crippen LogP contribution is 2.36. The van der Waals surface area contributed by atoms with Crippen molar-refractivity contribution in [3.05, 3.63) is 57.6 Å². The summed E-state index contributed by atoms with van der Waals surface area (Å²) in [7, 11) is 1.49. The van der Waals surface area contributed by atoms with E-state index in [1.165, 1.54) is 19.2 Å². The lowest BCUT2D eigenvalue weighted by Crippen LogP contribution is -2.25. The number of carbonyl (C=O) groups excluding carboxylic acids is 1. The normalized spacial score (nSPS) is 10.4. The van der Waals surface area contributed by atoms with E-state index in [1.807, 2.05) is 6.92 Å². The monoisotopic (exact) mass is 413 g/mol. The maximum absolute atomic E-state index is 13.1. The Morgan fingerprint density at radius 1 is 1.16 bits per heavy atom. The zero-order chi connectivity index (χ0) is 18.4. The Kier molecular flexibility index (Phi) is 6.75. The highest BCUT2D eigenvalue weighted by Gasteiger charge is 2.15. The van der Waals surface area contributed by atoms with Gasteiger partial charge in [-0.1, -0.05) is 0 Å². The van der Waals surface area contributed by atoms with Gasteiger partial charge in [0.1, 0.15) is 11.6 Å². The molecule has 2 aromatic carbocycles. The summed E-state index contributed by atoms with van der Waals surface area (Å²) in [4.78, 5) is 12.3. The van der Waals surface area contributed by atoms with E-state index < -0.39 is 11.6 Å². The number of benzene rings is 2. The summed E-state index contributed by atoms with van der Waals surface area (Å²) < 4.78 is 37.6. The molecule has 1 amide bonds. The number of hydrogen-bond acceptors (Lipinski definition) is 3. The number of ether oxygens (including phenoxy) is 2. The highest BCUT2D eigenvalue weighted by atomic mass is 79.9. The molecule has 0 atom stereocenters. The molecule has 0 heterocycles. The Morgan fingerprint density at radius 3 is 2.44 bits per heavy atom. The van der Waals surface area contributed by atoms with Crippen LogP contribution in [0.5, 0.6) is 11.5 Å². The van der Waals surface area contributed by atoms with Crippen LogP contribution in [0.25, 0.3) is 0 Å². The fraction of sp³-hybridized carbons (Fsp3) is 0.278. The summed E-state index contributed by atoms with van der Waals surface area (Å²) >= 11 is 3.36. The van der Waals surface area contributed by atoms with Gasteiger partial charge in [0.05, 0.1) is 18.2 Å². The molecule has 25 heavy (non-hydrogen) atoms. The second kappa shape index (κ2) is 8.80. The fourth-order valence-electron chi connectivity index (χ4n) is 2.31. The number of amides is 1. The lowest BCUT2D eigenvalue weighted by Gasteiger charge is -2.13. The Balaban J connectivity index is 2.04. The summed E-state index contributed by atoms with van der Waals surface area (Å²) in [5.41, 5.74) is 0.862. The molecule has 0 fully saturated rings. The molecule has 134 valence electrons. The van der Waals surface area contributed by atoms with Crippen LogP contribution >= 0.6 is 15.9 Å². The van der Waals surface area contributed by atoms with E-state index in [0.717, 1.165) is 6.07 Å². The van der Waals surface area contributed by atoms with Crippen LogP contribution in [0.15, 0.2) is 34.8 Å². The van der Waals surface area contributed by atoms with Crippen LogP contribution in [0.2, 0.25) is 0 Å². The van der Waals surface area contributed by atoms with Gasteiger partial charge in [0.2, 0.25) is 0 Å². The van der Waals surface area contributed by atoms with Crippen LogP contribution < -0.4 is 14.8 Å². The van der Waals surface area contributed by atoms with Gasteiger partial charge in [-0.05, 0) is 59.1 Å².